The predicted octanol–water partition coefficient (Wildman–Crippen LogP) is -2.55. The summed E-state index contributed by atoms with van der Waals surface area (Å²) in [4.78, 5) is 15.5. The van der Waals surface area contributed by atoms with E-state index in [0.29, 0.717) is 32.1 Å². The van der Waals surface area contributed by atoms with Crippen LogP contribution in [0.15, 0.2) is 11.6 Å². The van der Waals surface area contributed by atoms with Crippen molar-refractivity contribution in [1.82, 2.24) is 0 Å². The number of aliphatic hydroxyl groups is 15. The summed E-state index contributed by atoms with van der Waals surface area (Å²) in [5, 5.41) is 168. The van der Waals surface area contributed by atoms with Gasteiger partial charge < -0.3 is 124 Å². The molecule has 5 saturated heterocycles. The van der Waals surface area contributed by atoms with E-state index in [0.717, 1.165) is 5.57 Å². The van der Waals surface area contributed by atoms with Crippen molar-refractivity contribution in [2.75, 3.05) is 13.2 Å². The lowest BCUT2D eigenvalue weighted by molar-refractivity contribution is -0.389. The van der Waals surface area contributed by atoms with E-state index in [2.05, 4.69) is 40.7 Å². The van der Waals surface area contributed by atoms with Gasteiger partial charge in [-0.3, -0.25) is 4.79 Å². The molecule has 35 atom stereocenters. The summed E-state index contributed by atoms with van der Waals surface area (Å²) in [5.41, 5.74) is -3.77. The molecule has 0 amide bonds. The van der Waals surface area contributed by atoms with E-state index in [1.54, 1.807) is 6.92 Å². The van der Waals surface area contributed by atoms with Crippen LogP contribution in [0.2, 0.25) is 0 Å². The number of ether oxygens (including phenoxy) is 10. The van der Waals surface area contributed by atoms with Gasteiger partial charge in [0.15, 0.2) is 25.2 Å². The normalized spacial score (nSPS) is 57.0. The van der Waals surface area contributed by atoms with Gasteiger partial charge in [-0.15, -0.1) is 0 Å². The molecule has 15 N–H and O–H groups in total. The number of rotatable bonds is 11. The fraction of sp³-hybridized carbons (Fsp3) is 0.949. The van der Waals surface area contributed by atoms with Crippen LogP contribution in [0.5, 0.6) is 0 Å². The Morgan fingerprint density at radius 2 is 1.08 bits per heavy atom. The van der Waals surface area contributed by atoms with Gasteiger partial charge in [-0.25, -0.2) is 0 Å². The number of carbonyl (C=O) groups is 1. The smallest absolute Gasteiger partial charge is 0.317 e. The average Bonchev–Trinajstić information content (AvgIpc) is 1.03. The zero-order valence-electron chi connectivity index (χ0n) is 50.2. The Kier molecular flexibility index (Phi) is 18.5. The van der Waals surface area contributed by atoms with Crippen LogP contribution in [0.4, 0.5) is 0 Å². The van der Waals surface area contributed by atoms with Crippen molar-refractivity contribution >= 4 is 5.97 Å². The molecular formula is C59H96O26. The zero-order chi connectivity index (χ0) is 62.3. The van der Waals surface area contributed by atoms with Gasteiger partial charge in [0, 0.05) is 5.41 Å². The number of fused-ring (bicyclic) bond motifs is 7. The second-order valence-corrected chi connectivity index (χ2v) is 28.7. The number of carbonyl (C=O) groups excluding carboxylic acids is 1. The van der Waals surface area contributed by atoms with Crippen LogP contribution in [-0.4, -0.2) is 262 Å². The van der Waals surface area contributed by atoms with E-state index in [9.17, 15) is 76.6 Å². The first-order valence-corrected chi connectivity index (χ1v) is 30.5. The minimum absolute atomic E-state index is 0.111. The lowest BCUT2D eigenvalue weighted by Crippen LogP contribution is -2.70. The van der Waals surface area contributed by atoms with E-state index in [1.165, 1.54) is 20.8 Å². The third-order valence-electron chi connectivity index (χ3n) is 23.1. The Hall–Kier alpha value is -1.75. The van der Waals surface area contributed by atoms with E-state index >= 15 is 4.79 Å². The lowest BCUT2D eigenvalue weighted by Gasteiger charge is -2.72. The number of aliphatic hydroxyl groups excluding tert-OH is 15. The molecule has 26 heteroatoms. The van der Waals surface area contributed by atoms with Crippen molar-refractivity contribution in [3.05, 3.63) is 11.6 Å². The molecule has 5 aliphatic heterocycles. The van der Waals surface area contributed by atoms with E-state index in [-0.39, 0.29) is 43.1 Å². The van der Waals surface area contributed by atoms with Crippen molar-refractivity contribution in [2.45, 2.75) is 286 Å². The lowest BCUT2D eigenvalue weighted by atomic mass is 9.33. The molecule has 0 unspecified atom stereocenters. The highest BCUT2D eigenvalue weighted by Crippen LogP contribution is 2.76. The Morgan fingerprint density at radius 3 is 1.75 bits per heavy atom. The van der Waals surface area contributed by atoms with Crippen LogP contribution in [0.1, 0.15) is 121 Å². The van der Waals surface area contributed by atoms with Crippen LogP contribution in [0.25, 0.3) is 0 Å². The third kappa shape index (κ3) is 10.7. The largest absolute Gasteiger partial charge is 0.432 e. The number of hydrogen-bond acceptors (Lipinski definition) is 26. The molecule has 5 heterocycles. The monoisotopic (exact) mass is 1220 g/mol. The Bertz CT molecular complexity index is 2400. The van der Waals surface area contributed by atoms with Crippen LogP contribution in [-0.2, 0) is 52.2 Å². The van der Waals surface area contributed by atoms with E-state index in [1.807, 2.05) is 6.92 Å². The van der Waals surface area contributed by atoms with E-state index < -0.39 is 211 Å². The summed E-state index contributed by atoms with van der Waals surface area (Å²) in [5.74, 6) is -1.73. The molecule has 10 aliphatic rings. The molecule has 0 aromatic heterocycles. The predicted molar refractivity (Wildman–Crippen MR) is 288 cm³/mol. The zero-order valence-corrected chi connectivity index (χ0v) is 50.2. The van der Waals surface area contributed by atoms with Crippen LogP contribution in [0.3, 0.4) is 0 Å². The quantitative estimate of drug-likeness (QED) is 0.0575. The fourth-order valence-corrected chi connectivity index (χ4v) is 17.8. The Labute approximate surface area is 494 Å². The molecule has 26 nitrogen and oxygen atoms in total. The third-order valence-corrected chi connectivity index (χ3v) is 23.1. The van der Waals surface area contributed by atoms with Crippen molar-refractivity contribution in [1.29, 1.82) is 0 Å². The maximum absolute atomic E-state index is 15.5. The molecule has 0 aromatic carbocycles. The molecule has 4 saturated carbocycles. The van der Waals surface area contributed by atoms with E-state index in [4.69, 9.17) is 47.4 Å². The van der Waals surface area contributed by atoms with Gasteiger partial charge in [-0.05, 0) is 118 Å². The molecule has 0 bridgehead atoms. The first-order valence-electron chi connectivity index (χ1n) is 30.5. The average molecular weight is 1220 g/mol. The standard InChI is InChI=1S/C59H96O26/c1-22-33(64)37(68)41(72)50(77-22)84-47-28(61)18-55(7)30(56(47,8)21-60)13-14-57(9)31(55)12-11-26-27-17-54(5,6)15-16-59(27,32(63)19-58(26,57)10)53(75)85-51-43(74)45(35(66)24(3)78-51)82-52-46(38(69)34(65)23(2)79-52)83-49-42(73)39(70)44(25(4)80-49)81-48-40(71)36(67)29(62)20-76-48/h11,22-25,27-52,60-74H,12-21H2,1-10H3/t22-,23+,24-,25-,27-,28-,29+,30+,31+,32+,33-,34-,35-,36-,37+,38-,39-,40+,41+,42+,43+,44-,45+,46+,47-,48-,49-,50-,51-,52-,55-,56-,57+,58+,59+/m0/s1. The minimum Gasteiger partial charge on any atom is -0.432 e. The number of allylic oxidation sites excluding steroid dienone is 2. The van der Waals surface area contributed by atoms with Crippen molar-refractivity contribution < 1.29 is 129 Å². The summed E-state index contributed by atoms with van der Waals surface area (Å²) in [6.07, 6.45) is -35.5. The highest BCUT2D eigenvalue weighted by atomic mass is 16.8. The SMILES string of the molecule is C[C@@H]1O[C@@H](O[C@H]2[C@@H](O)C[C@@]3(C)[C@@H](CC[C@]4(C)[C@@H]3CC=C3[C@@H]5CC(C)(C)CC[C@]5(C(=O)O[C@@H]5O[C@@H](C)[C@H](O)[C@@H](O[C@@H]6O[C@H](C)[C@H](O)[C@H](O)[C@H]6O[C@@H]6O[C@@H](C)[C@H](O[C@@H]7OC[C@@H](O)[C@H](O)[C@H]7O)[C@@H](O)[C@H]6O)[C@H]5O)[C@H](O)C[C@]34C)[C@]2(C)CO)[C@H](O)[C@H](O)[C@H]1O. The number of hydrogen-bond donors (Lipinski definition) is 15. The minimum atomic E-state index is -1.96. The molecule has 10 rings (SSSR count). The maximum Gasteiger partial charge on any atom is 0.317 e. The summed E-state index contributed by atoms with van der Waals surface area (Å²) in [7, 11) is 0. The Morgan fingerprint density at radius 1 is 0.529 bits per heavy atom. The van der Waals surface area contributed by atoms with Crippen molar-refractivity contribution in [2.24, 2.45) is 50.2 Å². The van der Waals surface area contributed by atoms with Gasteiger partial charge in [-0.2, -0.15) is 0 Å². The second kappa shape index (κ2) is 23.7. The highest BCUT2D eigenvalue weighted by molar-refractivity contribution is 5.80. The van der Waals surface area contributed by atoms with Gasteiger partial charge >= 0.3 is 5.97 Å². The first-order chi connectivity index (χ1) is 39.6. The first kappa shape index (κ1) is 66.2. The molecule has 5 aliphatic carbocycles. The van der Waals surface area contributed by atoms with Gasteiger partial charge in [0.05, 0.1) is 55.9 Å². The number of esters is 1. The molecule has 0 aromatic rings. The molecular weight excluding hydrogens is 1120 g/mol. The second-order valence-electron chi connectivity index (χ2n) is 28.7. The summed E-state index contributed by atoms with van der Waals surface area (Å²) in [6.45, 7) is 17.7. The highest BCUT2D eigenvalue weighted by Gasteiger charge is 2.73. The van der Waals surface area contributed by atoms with Gasteiger partial charge in [0.25, 0.3) is 0 Å². The maximum atomic E-state index is 15.5. The van der Waals surface area contributed by atoms with Gasteiger partial charge in [-0.1, -0.05) is 53.2 Å². The van der Waals surface area contributed by atoms with Crippen LogP contribution >= 0.6 is 0 Å². The Balaban J connectivity index is 0.874. The topological polar surface area (TPSA) is 413 Å². The summed E-state index contributed by atoms with van der Waals surface area (Å²) < 4.78 is 59.7. The van der Waals surface area contributed by atoms with Crippen LogP contribution in [0, 0.1) is 50.2 Å². The summed E-state index contributed by atoms with van der Waals surface area (Å²) >= 11 is 0. The fourth-order valence-electron chi connectivity index (χ4n) is 17.8. The molecule has 0 radical (unpaired) electrons. The van der Waals surface area contributed by atoms with Gasteiger partial charge in [0.2, 0.25) is 6.29 Å². The van der Waals surface area contributed by atoms with Crippen LogP contribution < -0.4 is 0 Å². The molecule has 0 spiro atoms. The molecule has 85 heavy (non-hydrogen) atoms. The van der Waals surface area contributed by atoms with Crippen molar-refractivity contribution in [3.63, 3.8) is 0 Å². The van der Waals surface area contributed by atoms with Crippen molar-refractivity contribution in [3.8, 4) is 0 Å². The molecule has 9 fully saturated rings. The molecule has 488 valence electrons. The van der Waals surface area contributed by atoms with Gasteiger partial charge in [0.1, 0.15) is 97.0 Å². The summed E-state index contributed by atoms with van der Waals surface area (Å²) in [6, 6.07) is 0.